The number of piperidine rings is 1. The predicted octanol–water partition coefficient (Wildman–Crippen LogP) is 2.70. The highest BCUT2D eigenvalue weighted by atomic mass is 32.2. The lowest BCUT2D eigenvalue weighted by Gasteiger charge is -2.32. The lowest BCUT2D eigenvalue weighted by atomic mass is 10.0. The molecule has 8 heteroatoms. The first-order valence-electron chi connectivity index (χ1n) is 7.60. The van der Waals surface area contributed by atoms with E-state index < -0.39 is 10.0 Å². The number of rotatable bonds is 3. The summed E-state index contributed by atoms with van der Waals surface area (Å²) in [5, 5.41) is 0.843. The Labute approximate surface area is 140 Å². The van der Waals surface area contributed by atoms with Crippen LogP contribution in [0.4, 0.5) is 0 Å². The normalized spacial score (nSPS) is 19.9. The minimum Gasteiger partial charge on any atom is -0.243 e. The van der Waals surface area contributed by atoms with Crippen LogP contribution in [0.1, 0.15) is 41.7 Å². The van der Waals surface area contributed by atoms with Gasteiger partial charge in [-0.05, 0) is 32.8 Å². The van der Waals surface area contributed by atoms with Crippen molar-refractivity contribution in [2.45, 2.75) is 39.2 Å². The van der Waals surface area contributed by atoms with E-state index in [9.17, 15) is 8.42 Å². The topological polar surface area (TPSA) is 76.1 Å². The maximum Gasteiger partial charge on any atom is 0.211 e. The van der Waals surface area contributed by atoms with E-state index in [0.717, 1.165) is 40.5 Å². The summed E-state index contributed by atoms with van der Waals surface area (Å²) in [5.74, 6) is 0.581. The van der Waals surface area contributed by atoms with Crippen molar-refractivity contribution in [2.24, 2.45) is 0 Å². The van der Waals surface area contributed by atoms with Crippen LogP contribution in [0.15, 0.2) is 12.3 Å². The minimum atomic E-state index is -3.27. The lowest BCUT2D eigenvalue weighted by molar-refractivity contribution is 0.248. The molecule has 124 valence electrons. The molecule has 0 N–H and O–H groups in total. The van der Waals surface area contributed by atoms with Crippen LogP contribution in [0.25, 0.3) is 10.7 Å². The van der Waals surface area contributed by atoms with Gasteiger partial charge in [0.25, 0.3) is 0 Å². The molecule has 0 bridgehead atoms. The van der Waals surface area contributed by atoms with Crippen LogP contribution in [-0.2, 0) is 10.0 Å². The quantitative estimate of drug-likeness (QED) is 0.849. The first-order valence-corrected chi connectivity index (χ1v) is 10.3. The first kappa shape index (κ1) is 16.5. The SMILES string of the molecule is Cc1cc(-c2ncc(C)s2)nc(C2CCCCN2S(C)(=O)=O)n1. The van der Waals surface area contributed by atoms with Crippen molar-refractivity contribution in [2.75, 3.05) is 12.8 Å². The van der Waals surface area contributed by atoms with E-state index in [1.165, 1.54) is 10.6 Å². The van der Waals surface area contributed by atoms with Gasteiger partial charge in [-0.3, -0.25) is 0 Å². The Morgan fingerprint density at radius 3 is 2.70 bits per heavy atom. The number of hydrogen-bond donors (Lipinski definition) is 0. The molecule has 1 unspecified atom stereocenters. The third kappa shape index (κ3) is 3.59. The molecule has 0 saturated carbocycles. The Morgan fingerprint density at radius 1 is 1.26 bits per heavy atom. The molecule has 0 aliphatic carbocycles. The Kier molecular flexibility index (Phi) is 4.48. The summed E-state index contributed by atoms with van der Waals surface area (Å²) in [5.41, 5.74) is 1.60. The van der Waals surface area contributed by atoms with Gasteiger partial charge in [-0.25, -0.2) is 23.4 Å². The van der Waals surface area contributed by atoms with Gasteiger partial charge in [0.05, 0.1) is 12.3 Å². The molecule has 0 radical (unpaired) electrons. The molecule has 1 saturated heterocycles. The standard InChI is InChI=1S/C15H20N4O2S2/c1-10-8-12(15-16-9-11(2)22-15)18-14(17-10)13-6-4-5-7-19(13)23(3,20)21/h8-9,13H,4-7H2,1-3H3. The van der Waals surface area contributed by atoms with Crippen molar-refractivity contribution in [1.82, 2.24) is 19.3 Å². The average Bonchev–Trinajstić information content (AvgIpc) is 2.92. The van der Waals surface area contributed by atoms with E-state index in [1.54, 1.807) is 11.3 Å². The van der Waals surface area contributed by atoms with Crippen LogP contribution < -0.4 is 0 Å². The van der Waals surface area contributed by atoms with Gasteiger partial charge in [-0.15, -0.1) is 11.3 Å². The molecule has 0 spiro atoms. The van der Waals surface area contributed by atoms with E-state index in [2.05, 4.69) is 15.0 Å². The Hall–Kier alpha value is -1.38. The number of aromatic nitrogens is 3. The highest BCUT2D eigenvalue weighted by Crippen LogP contribution is 2.32. The molecule has 1 aliphatic heterocycles. The van der Waals surface area contributed by atoms with Gasteiger partial charge < -0.3 is 0 Å². The molecule has 6 nitrogen and oxygen atoms in total. The zero-order valence-electron chi connectivity index (χ0n) is 13.5. The summed E-state index contributed by atoms with van der Waals surface area (Å²) in [7, 11) is -3.27. The molecular formula is C15H20N4O2S2. The molecular weight excluding hydrogens is 332 g/mol. The van der Waals surface area contributed by atoms with Gasteiger partial charge >= 0.3 is 0 Å². The van der Waals surface area contributed by atoms with Crippen molar-refractivity contribution >= 4 is 21.4 Å². The number of sulfonamides is 1. The number of nitrogens with zero attached hydrogens (tertiary/aromatic N) is 4. The lowest BCUT2D eigenvalue weighted by Crippen LogP contribution is -2.38. The predicted molar refractivity (Wildman–Crippen MR) is 90.8 cm³/mol. The van der Waals surface area contributed by atoms with Crippen LogP contribution >= 0.6 is 11.3 Å². The van der Waals surface area contributed by atoms with E-state index in [0.29, 0.717) is 12.4 Å². The van der Waals surface area contributed by atoms with E-state index in [4.69, 9.17) is 0 Å². The monoisotopic (exact) mass is 352 g/mol. The van der Waals surface area contributed by atoms with Gasteiger partial charge in [-0.1, -0.05) is 6.42 Å². The second-order valence-corrected chi connectivity index (χ2v) is 9.08. The molecule has 3 heterocycles. The highest BCUT2D eigenvalue weighted by molar-refractivity contribution is 7.88. The fourth-order valence-corrected chi connectivity index (χ4v) is 4.73. The summed E-state index contributed by atoms with van der Waals surface area (Å²) >= 11 is 1.58. The molecule has 0 amide bonds. The first-order chi connectivity index (χ1) is 10.8. The Balaban J connectivity index is 2.03. The van der Waals surface area contributed by atoms with Gasteiger partial charge in [0.15, 0.2) is 0 Å². The van der Waals surface area contributed by atoms with E-state index in [1.807, 2.05) is 26.1 Å². The van der Waals surface area contributed by atoms with Crippen molar-refractivity contribution in [3.63, 3.8) is 0 Å². The second kappa shape index (κ2) is 6.26. The molecule has 2 aromatic heterocycles. The van der Waals surface area contributed by atoms with Gasteiger partial charge in [-0.2, -0.15) is 4.31 Å². The maximum atomic E-state index is 12.1. The van der Waals surface area contributed by atoms with Crippen molar-refractivity contribution in [1.29, 1.82) is 0 Å². The summed E-state index contributed by atoms with van der Waals surface area (Å²) in [4.78, 5) is 14.6. The van der Waals surface area contributed by atoms with Gasteiger partial charge in [0, 0.05) is 23.3 Å². The zero-order chi connectivity index (χ0) is 16.6. The molecule has 1 atom stereocenters. The van der Waals surface area contributed by atoms with E-state index >= 15 is 0 Å². The van der Waals surface area contributed by atoms with Crippen LogP contribution in [-0.4, -0.2) is 40.5 Å². The maximum absolute atomic E-state index is 12.1. The highest BCUT2D eigenvalue weighted by Gasteiger charge is 2.32. The summed E-state index contributed by atoms with van der Waals surface area (Å²) < 4.78 is 25.7. The van der Waals surface area contributed by atoms with Gasteiger partial charge in [0.1, 0.15) is 16.5 Å². The summed E-state index contributed by atoms with van der Waals surface area (Å²) in [6.07, 6.45) is 5.70. The average molecular weight is 352 g/mol. The van der Waals surface area contributed by atoms with Crippen molar-refractivity contribution in [3.8, 4) is 10.7 Å². The molecule has 2 aromatic rings. The molecule has 1 aliphatic rings. The zero-order valence-corrected chi connectivity index (χ0v) is 15.1. The third-order valence-electron chi connectivity index (χ3n) is 3.89. The minimum absolute atomic E-state index is 0.279. The molecule has 23 heavy (non-hydrogen) atoms. The smallest absolute Gasteiger partial charge is 0.211 e. The van der Waals surface area contributed by atoms with Crippen LogP contribution in [0.5, 0.6) is 0 Å². The van der Waals surface area contributed by atoms with Crippen molar-refractivity contribution < 1.29 is 8.42 Å². The van der Waals surface area contributed by atoms with Crippen LogP contribution in [0.2, 0.25) is 0 Å². The van der Waals surface area contributed by atoms with Crippen LogP contribution in [0, 0.1) is 13.8 Å². The number of thiazole rings is 1. The Morgan fingerprint density at radius 2 is 2.04 bits per heavy atom. The largest absolute Gasteiger partial charge is 0.243 e. The fourth-order valence-electron chi connectivity index (χ4n) is 2.88. The molecule has 1 fully saturated rings. The summed E-state index contributed by atoms with van der Waals surface area (Å²) in [6.45, 7) is 4.44. The third-order valence-corrected chi connectivity index (χ3v) is 6.11. The Bertz CT molecular complexity index is 817. The second-order valence-electron chi connectivity index (χ2n) is 5.91. The van der Waals surface area contributed by atoms with Gasteiger partial charge in [0.2, 0.25) is 10.0 Å². The van der Waals surface area contributed by atoms with Crippen molar-refractivity contribution in [3.05, 3.63) is 28.7 Å². The fraction of sp³-hybridized carbons (Fsp3) is 0.533. The molecule has 3 rings (SSSR count). The summed E-state index contributed by atoms with van der Waals surface area (Å²) in [6, 6.07) is 1.62. The number of aryl methyl sites for hydroxylation is 2. The van der Waals surface area contributed by atoms with E-state index in [-0.39, 0.29) is 6.04 Å². The van der Waals surface area contributed by atoms with Crippen LogP contribution in [0.3, 0.4) is 0 Å². The number of hydrogen-bond acceptors (Lipinski definition) is 6. The molecule has 0 aromatic carbocycles.